The molecule has 21 heavy (non-hydrogen) atoms. The molecule has 0 fully saturated rings. The Kier molecular flexibility index (Phi) is 6.32. The predicted octanol–water partition coefficient (Wildman–Crippen LogP) is 2.08. The van der Waals surface area contributed by atoms with Crippen molar-refractivity contribution < 1.29 is 24.2 Å². The van der Waals surface area contributed by atoms with Crippen molar-refractivity contribution in [3.8, 4) is 11.5 Å². The highest BCUT2D eigenvalue weighted by Gasteiger charge is 2.18. The minimum Gasteiger partial charge on any atom is -0.493 e. The maximum absolute atomic E-state index is 11.8. The minimum atomic E-state index is -1.06. The highest BCUT2D eigenvalue weighted by atomic mass is 16.5. The second-order valence-corrected chi connectivity index (χ2v) is 4.35. The van der Waals surface area contributed by atoms with Gasteiger partial charge < -0.3 is 25.2 Å². The molecule has 1 aromatic carbocycles. The fourth-order valence-corrected chi connectivity index (χ4v) is 1.79. The number of carboxylic acid groups (broad SMARTS) is 1. The summed E-state index contributed by atoms with van der Waals surface area (Å²) in [6.45, 7) is 1.85. The van der Waals surface area contributed by atoms with Crippen molar-refractivity contribution in [3.63, 3.8) is 0 Å². The quantitative estimate of drug-likeness (QED) is 0.715. The number of hydrogen-bond donors (Lipinski definition) is 3. The number of hydrogen-bond acceptors (Lipinski definition) is 4. The standard InChI is InChI=1S/C14H20N2O5/c1-4-5-10(13(17)18)16-14(19)15-9-6-7-11(20-2)12(8-9)21-3/h6-8,10H,4-5H2,1-3H3,(H,17,18)(H2,15,16,19)/t10-/m0/s1. The Hall–Kier alpha value is -2.44. The third kappa shape index (κ3) is 4.87. The molecule has 7 heteroatoms. The van der Waals surface area contributed by atoms with Crippen molar-refractivity contribution in [2.75, 3.05) is 19.5 Å². The molecule has 0 radical (unpaired) electrons. The summed E-state index contributed by atoms with van der Waals surface area (Å²) in [6, 6.07) is 3.39. The van der Waals surface area contributed by atoms with Gasteiger partial charge in [-0.3, -0.25) is 0 Å². The Morgan fingerprint density at radius 3 is 2.43 bits per heavy atom. The van der Waals surface area contributed by atoms with Crippen LogP contribution in [-0.4, -0.2) is 37.4 Å². The van der Waals surface area contributed by atoms with Crippen LogP contribution in [0.1, 0.15) is 19.8 Å². The molecule has 7 nitrogen and oxygen atoms in total. The zero-order valence-electron chi connectivity index (χ0n) is 12.3. The third-order valence-electron chi connectivity index (χ3n) is 2.82. The number of carbonyl (C=O) groups excluding carboxylic acids is 1. The molecular formula is C14H20N2O5. The summed E-state index contributed by atoms with van der Waals surface area (Å²) in [5.74, 6) is -0.0455. The van der Waals surface area contributed by atoms with E-state index in [1.165, 1.54) is 14.2 Å². The van der Waals surface area contributed by atoms with Crippen molar-refractivity contribution in [1.82, 2.24) is 5.32 Å². The van der Waals surface area contributed by atoms with E-state index in [2.05, 4.69) is 10.6 Å². The molecule has 1 atom stereocenters. The average molecular weight is 296 g/mol. The molecule has 0 bridgehead atoms. The van der Waals surface area contributed by atoms with Gasteiger partial charge in [-0.05, 0) is 18.6 Å². The van der Waals surface area contributed by atoms with Crippen LogP contribution >= 0.6 is 0 Å². The highest BCUT2D eigenvalue weighted by molar-refractivity contribution is 5.92. The Balaban J connectivity index is 2.72. The molecule has 0 aliphatic carbocycles. The molecule has 3 N–H and O–H groups in total. The fraction of sp³-hybridized carbons (Fsp3) is 0.429. The Morgan fingerprint density at radius 1 is 1.24 bits per heavy atom. The van der Waals surface area contributed by atoms with E-state index < -0.39 is 18.0 Å². The molecule has 0 aromatic heterocycles. The second-order valence-electron chi connectivity index (χ2n) is 4.35. The van der Waals surface area contributed by atoms with E-state index >= 15 is 0 Å². The summed E-state index contributed by atoms with van der Waals surface area (Å²) in [7, 11) is 3.00. The van der Waals surface area contributed by atoms with Gasteiger partial charge in [0, 0.05) is 11.8 Å². The summed E-state index contributed by atoms with van der Waals surface area (Å²) in [5.41, 5.74) is 0.478. The molecule has 0 unspecified atom stereocenters. The van der Waals surface area contributed by atoms with Gasteiger partial charge in [-0.1, -0.05) is 13.3 Å². The summed E-state index contributed by atoms with van der Waals surface area (Å²) in [6.07, 6.45) is 1.03. The number of carboxylic acids is 1. The molecule has 0 aliphatic rings. The SMILES string of the molecule is CCC[C@H](NC(=O)Nc1ccc(OC)c(OC)c1)C(=O)O. The lowest BCUT2D eigenvalue weighted by atomic mass is 10.2. The first-order chi connectivity index (χ1) is 10.0. The first-order valence-electron chi connectivity index (χ1n) is 6.54. The molecule has 0 spiro atoms. The van der Waals surface area contributed by atoms with Gasteiger partial charge in [0.25, 0.3) is 0 Å². The van der Waals surface area contributed by atoms with E-state index in [1.807, 2.05) is 6.92 Å². The Labute approximate surface area is 123 Å². The van der Waals surface area contributed by atoms with Crippen LogP contribution in [0.15, 0.2) is 18.2 Å². The maximum Gasteiger partial charge on any atom is 0.326 e. The van der Waals surface area contributed by atoms with E-state index in [1.54, 1.807) is 18.2 Å². The lowest BCUT2D eigenvalue weighted by Gasteiger charge is -2.15. The highest BCUT2D eigenvalue weighted by Crippen LogP contribution is 2.29. The average Bonchev–Trinajstić information content (AvgIpc) is 2.46. The van der Waals surface area contributed by atoms with Crippen molar-refractivity contribution in [1.29, 1.82) is 0 Å². The Morgan fingerprint density at radius 2 is 1.90 bits per heavy atom. The molecule has 0 saturated heterocycles. The van der Waals surface area contributed by atoms with Crippen LogP contribution in [0.2, 0.25) is 0 Å². The van der Waals surface area contributed by atoms with E-state index in [-0.39, 0.29) is 0 Å². The molecule has 1 rings (SSSR count). The normalized spacial score (nSPS) is 11.4. The topological polar surface area (TPSA) is 96.9 Å². The van der Waals surface area contributed by atoms with Crippen molar-refractivity contribution in [2.45, 2.75) is 25.8 Å². The van der Waals surface area contributed by atoms with Gasteiger partial charge in [-0.2, -0.15) is 0 Å². The van der Waals surface area contributed by atoms with Crippen molar-refractivity contribution in [2.24, 2.45) is 0 Å². The Bertz CT molecular complexity index is 504. The lowest BCUT2D eigenvalue weighted by molar-refractivity contribution is -0.139. The molecule has 0 heterocycles. The number of aliphatic carboxylic acids is 1. The number of anilines is 1. The molecule has 0 saturated carbocycles. The van der Waals surface area contributed by atoms with E-state index in [4.69, 9.17) is 14.6 Å². The van der Waals surface area contributed by atoms with Gasteiger partial charge in [-0.15, -0.1) is 0 Å². The fourth-order valence-electron chi connectivity index (χ4n) is 1.79. The number of ether oxygens (including phenoxy) is 2. The summed E-state index contributed by atoms with van der Waals surface area (Å²) in [5, 5.41) is 14.0. The maximum atomic E-state index is 11.8. The molecular weight excluding hydrogens is 276 g/mol. The van der Waals surface area contributed by atoms with Crippen molar-refractivity contribution >= 4 is 17.7 Å². The predicted molar refractivity (Wildman–Crippen MR) is 78.0 cm³/mol. The monoisotopic (exact) mass is 296 g/mol. The number of rotatable bonds is 7. The number of methoxy groups -OCH3 is 2. The number of benzene rings is 1. The largest absolute Gasteiger partial charge is 0.493 e. The number of amides is 2. The summed E-state index contributed by atoms with van der Waals surface area (Å²) >= 11 is 0. The number of urea groups is 1. The van der Waals surface area contributed by atoms with Gasteiger partial charge in [0.2, 0.25) is 0 Å². The first-order valence-corrected chi connectivity index (χ1v) is 6.54. The van der Waals surface area contributed by atoms with E-state index in [9.17, 15) is 9.59 Å². The number of nitrogens with one attached hydrogen (secondary N) is 2. The van der Waals surface area contributed by atoms with E-state index in [0.717, 1.165) is 0 Å². The zero-order chi connectivity index (χ0) is 15.8. The van der Waals surface area contributed by atoms with Gasteiger partial charge in [0.05, 0.1) is 14.2 Å². The van der Waals surface area contributed by atoms with Crippen LogP contribution in [0.25, 0.3) is 0 Å². The smallest absolute Gasteiger partial charge is 0.326 e. The lowest BCUT2D eigenvalue weighted by Crippen LogP contribution is -2.42. The van der Waals surface area contributed by atoms with Crippen LogP contribution < -0.4 is 20.1 Å². The van der Waals surface area contributed by atoms with Gasteiger partial charge in [0.15, 0.2) is 11.5 Å². The van der Waals surface area contributed by atoms with Crippen LogP contribution in [0.5, 0.6) is 11.5 Å². The van der Waals surface area contributed by atoms with Crippen LogP contribution in [0, 0.1) is 0 Å². The van der Waals surface area contributed by atoms with Crippen LogP contribution in [0.4, 0.5) is 10.5 Å². The molecule has 116 valence electrons. The molecule has 2 amide bonds. The zero-order valence-corrected chi connectivity index (χ0v) is 12.3. The summed E-state index contributed by atoms with van der Waals surface area (Å²) in [4.78, 5) is 22.8. The van der Waals surface area contributed by atoms with Gasteiger partial charge in [0.1, 0.15) is 6.04 Å². The van der Waals surface area contributed by atoms with E-state index in [0.29, 0.717) is 30.0 Å². The molecule has 1 aromatic rings. The van der Waals surface area contributed by atoms with Gasteiger partial charge >= 0.3 is 12.0 Å². The second kappa shape index (κ2) is 7.98. The molecule has 0 aliphatic heterocycles. The summed E-state index contributed by atoms with van der Waals surface area (Å²) < 4.78 is 10.2. The third-order valence-corrected chi connectivity index (χ3v) is 2.82. The minimum absolute atomic E-state index is 0.370. The van der Waals surface area contributed by atoms with Crippen molar-refractivity contribution in [3.05, 3.63) is 18.2 Å². The van der Waals surface area contributed by atoms with Crippen LogP contribution in [-0.2, 0) is 4.79 Å². The first kappa shape index (κ1) is 16.6. The van der Waals surface area contributed by atoms with Gasteiger partial charge in [-0.25, -0.2) is 9.59 Å². The number of carbonyl (C=O) groups is 2. The van der Waals surface area contributed by atoms with Crippen LogP contribution in [0.3, 0.4) is 0 Å².